The molecule has 0 radical (unpaired) electrons. The molecule has 2 aromatic heterocycles. The minimum absolute atomic E-state index is 0.225. The Hall–Kier alpha value is -3.58. The highest BCUT2D eigenvalue weighted by Gasteiger charge is 2.22. The number of nitrogens with two attached hydrogens (primary N) is 1. The molecule has 0 fully saturated rings. The molecule has 0 spiro atoms. The summed E-state index contributed by atoms with van der Waals surface area (Å²) in [6.45, 7) is 3.97. The smallest absolute Gasteiger partial charge is 0.158 e. The van der Waals surface area contributed by atoms with Crippen molar-refractivity contribution >= 4 is 28.3 Å². The molecule has 0 unspecified atom stereocenters. The summed E-state index contributed by atoms with van der Waals surface area (Å²) in [7, 11) is 0. The van der Waals surface area contributed by atoms with Crippen molar-refractivity contribution in [3.8, 4) is 17.2 Å². The third kappa shape index (κ3) is 3.05. The fraction of sp³-hybridized carbons (Fsp3) is 0.0952. The topological polar surface area (TPSA) is 110 Å². The first-order valence-electron chi connectivity index (χ1n) is 8.81. The lowest BCUT2D eigenvalue weighted by atomic mass is 10.0. The molecule has 4 N–H and O–H groups in total. The summed E-state index contributed by atoms with van der Waals surface area (Å²) >= 11 is 6.19. The average molecular weight is 408 g/mol. The van der Waals surface area contributed by atoms with E-state index < -0.39 is 0 Å². The number of phenolic OH excluding ortho intramolecular Hbond substituents is 2. The molecule has 29 heavy (non-hydrogen) atoms. The highest BCUT2D eigenvalue weighted by atomic mass is 35.5. The van der Waals surface area contributed by atoms with Gasteiger partial charge in [-0.3, -0.25) is 4.57 Å². The Kier molecular flexibility index (Phi) is 4.60. The molecule has 0 aliphatic heterocycles. The standard InChI is InChI=1S/C21H18ClN5O2/c1-11-12(2)27(15-5-3-4-14(22)9-15)21-18(11)20(24-10-25-21)19(26-23)13-6-7-16(28)17(29)8-13/h3-10,28-29H,23H2,1-2H3. The number of halogens is 1. The molecule has 0 saturated heterocycles. The van der Waals surface area contributed by atoms with Crippen LogP contribution in [0.15, 0.2) is 53.9 Å². The van der Waals surface area contributed by atoms with E-state index in [2.05, 4.69) is 15.1 Å². The summed E-state index contributed by atoms with van der Waals surface area (Å²) in [5.41, 5.74) is 4.95. The summed E-state index contributed by atoms with van der Waals surface area (Å²) in [4.78, 5) is 8.92. The van der Waals surface area contributed by atoms with Crippen molar-refractivity contribution in [3.63, 3.8) is 0 Å². The predicted molar refractivity (Wildman–Crippen MR) is 113 cm³/mol. The van der Waals surface area contributed by atoms with Crippen molar-refractivity contribution in [2.75, 3.05) is 0 Å². The Bertz CT molecular complexity index is 1280. The van der Waals surface area contributed by atoms with Crippen molar-refractivity contribution in [2.45, 2.75) is 13.8 Å². The van der Waals surface area contributed by atoms with E-state index in [-0.39, 0.29) is 11.5 Å². The third-order valence-corrected chi connectivity index (χ3v) is 5.20. The van der Waals surface area contributed by atoms with E-state index in [4.69, 9.17) is 17.4 Å². The molecule has 0 atom stereocenters. The van der Waals surface area contributed by atoms with Gasteiger partial charge in [-0.25, -0.2) is 9.97 Å². The number of hydrazone groups is 1. The minimum atomic E-state index is -0.265. The van der Waals surface area contributed by atoms with Gasteiger partial charge in [0.15, 0.2) is 11.5 Å². The lowest BCUT2D eigenvalue weighted by molar-refractivity contribution is 0.403. The second kappa shape index (κ2) is 7.10. The van der Waals surface area contributed by atoms with Crippen LogP contribution in [-0.2, 0) is 0 Å². The van der Waals surface area contributed by atoms with Gasteiger partial charge in [0.2, 0.25) is 0 Å². The molecular weight excluding hydrogens is 390 g/mol. The van der Waals surface area contributed by atoms with Gasteiger partial charge in [0.1, 0.15) is 23.4 Å². The Balaban J connectivity index is 2.00. The van der Waals surface area contributed by atoms with E-state index >= 15 is 0 Å². The Morgan fingerprint density at radius 2 is 1.86 bits per heavy atom. The minimum Gasteiger partial charge on any atom is -0.504 e. The lowest BCUT2D eigenvalue weighted by Crippen LogP contribution is -2.10. The van der Waals surface area contributed by atoms with Crippen LogP contribution in [-0.4, -0.2) is 30.5 Å². The number of hydrogen-bond acceptors (Lipinski definition) is 6. The highest BCUT2D eigenvalue weighted by molar-refractivity contribution is 6.30. The molecule has 7 nitrogen and oxygen atoms in total. The molecule has 146 valence electrons. The fourth-order valence-corrected chi connectivity index (χ4v) is 3.64. The zero-order valence-electron chi connectivity index (χ0n) is 15.8. The number of hydrogen-bond donors (Lipinski definition) is 3. The molecular formula is C21H18ClN5O2. The number of aromatic hydroxyl groups is 2. The molecule has 0 bridgehead atoms. The van der Waals surface area contributed by atoms with Crippen LogP contribution in [0.25, 0.3) is 16.7 Å². The van der Waals surface area contributed by atoms with Gasteiger partial charge in [0, 0.05) is 22.0 Å². The van der Waals surface area contributed by atoms with Crippen LogP contribution in [0.3, 0.4) is 0 Å². The molecule has 4 rings (SSSR count). The molecule has 0 aliphatic rings. The maximum absolute atomic E-state index is 9.89. The fourth-order valence-electron chi connectivity index (χ4n) is 3.45. The van der Waals surface area contributed by atoms with Gasteiger partial charge >= 0.3 is 0 Å². The van der Waals surface area contributed by atoms with Crippen molar-refractivity contribution in [1.29, 1.82) is 0 Å². The van der Waals surface area contributed by atoms with Gasteiger partial charge in [-0.05, 0) is 55.8 Å². The number of aromatic nitrogens is 3. The van der Waals surface area contributed by atoms with Gasteiger partial charge in [-0.2, -0.15) is 5.10 Å². The normalized spacial score (nSPS) is 11.9. The summed E-state index contributed by atoms with van der Waals surface area (Å²) in [5.74, 6) is 5.21. The maximum atomic E-state index is 9.89. The SMILES string of the molecule is Cc1c(C)n(-c2cccc(Cl)c2)c2ncnc(C(=NN)c3ccc(O)c(O)c3)c12. The summed E-state index contributed by atoms with van der Waals surface area (Å²) < 4.78 is 2.00. The quantitative estimate of drug-likeness (QED) is 0.207. The molecule has 0 aliphatic carbocycles. The average Bonchev–Trinajstić information content (AvgIpc) is 2.96. The predicted octanol–water partition coefficient (Wildman–Crippen LogP) is 3.81. The van der Waals surface area contributed by atoms with E-state index in [1.165, 1.54) is 18.5 Å². The number of aryl methyl sites for hydroxylation is 1. The Morgan fingerprint density at radius 3 is 2.55 bits per heavy atom. The number of fused-ring (bicyclic) bond motifs is 1. The lowest BCUT2D eigenvalue weighted by Gasteiger charge is -2.09. The second-order valence-electron chi connectivity index (χ2n) is 6.63. The van der Waals surface area contributed by atoms with Crippen LogP contribution in [0.1, 0.15) is 22.5 Å². The summed E-state index contributed by atoms with van der Waals surface area (Å²) in [5, 5.41) is 24.8. The second-order valence-corrected chi connectivity index (χ2v) is 7.06. The van der Waals surface area contributed by atoms with E-state index in [9.17, 15) is 10.2 Å². The van der Waals surface area contributed by atoms with Gasteiger partial charge < -0.3 is 16.1 Å². The number of nitrogens with zero attached hydrogens (tertiary/aromatic N) is 4. The third-order valence-electron chi connectivity index (χ3n) is 4.96. The Morgan fingerprint density at radius 1 is 1.07 bits per heavy atom. The summed E-state index contributed by atoms with van der Waals surface area (Å²) in [6.07, 6.45) is 1.45. The maximum Gasteiger partial charge on any atom is 0.158 e. The van der Waals surface area contributed by atoms with Crippen LogP contribution >= 0.6 is 11.6 Å². The highest BCUT2D eigenvalue weighted by Crippen LogP contribution is 2.32. The first kappa shape index (κ1) is 18.8. The molecule has 2 heterocycles. The van der Waals surface area contributed by atoms with Gasteiger partial charge in [-0.1, -0.05) is 17.7 Å². The van der Waals surface area contributed by atoms with E-state index in [0.29, 0.717) is 27.6 Å². The number of rotatable bonds is 3. The molecule has 2 aromatic carbocycles. The monoisotopic (exact) mass is 407 g/mol. The van der Waals surface area contributed by atoms with Crippen molar-refractivity contribution in [1.82, 2.24) is 14.5 Å². The largest absolute Gasteiger partial charge is 0.504 e. The van der Waals surface area contributed by atoms with Crippen LogP contribution in [0.4, 0.5) is 0 Å². The molecule has 0 amide bonds. The van der Waals surface area contributed by atoms with Crippen LogP contribution in [0.5, 0.6) is 11.5 Å². The number of phenols is 2. The van der Waals surface area contributed by atoms with Gasteiger partial charge in [0.25, 0.3) is 0 Å². The van der Waals surface area contributed by atoms with Crippen molar-refractivity contribution in [2.24, 2.45) is 10.9 Å². The van der Waals surface area contributed by atoms with Gasteiger partial charge in [-0.15, -0.1) is 0 Å². The van der Waals surface area contributed by atoms with E-state index in [1.807, 2.05) is 42.7 Å². The molecule has 0 saturated carbocycles. The van der Waals surface area contributed by atoms with E-state index in [1.54, 1.807) is 6.07 Å². The van der Waals surface area contributed by atoms with Crippen LogP contribution in [0, 0.1) is 13.8 Å². The molecule has 8 heteroatoms. The Labute approximate surface area is 171 Å². The first-order valence-corrected chi connectivity index (χ1v) is 9.19. The van der Waals surface area contributed by atoms with Crippen molar-refractivity contribution < 1.29 is 10.2 Å². The van der Waals surface area contributed by atoms with Crippen molar-refractivity contribution in [3.05, 3.63) is 76.3 Å². The first-order chi connectivity index (χ1) is 13.9. The zero-order valence-corrected chi connectivity index (χ0v) is 16.5. The summed E-state index contributed by atoms with van der Waals surface area (Å²) in [6, 6.07) is 11.9. The zero-order chi connectivity index (χ0) is 20.7. The molecule has 4 aromatic rings. The number of benzene rings is 2. The van der Waals surface area contributed by atoms with Gasteiger partial charge in [0.05, 0.1) is 5.39 Å². The van der Waals surface area contributed by atoms with Crippen LogP contribution in [0.2, 0.25) is 5.02 Å². The van der Waals surface area contributed by atoms with E-state index in [0.717, 1.165) is 22.3 Å². The van der Waals surface area contributed by atoms with Crippen LogP contribution < -0.4 is 5.84 Å².